The molecule has 5 nitrogen and oxygen atoms in total. The van der Waals surface area contributed by atoms with E-state index in [1.54, 1.807) is 18.2 Å². The van der Waals surface area contributed by atoms with Gasteiger partial charge in [-0.3, -0.25) is 0 Å². The fourth-order valence-electron chi connectivity index (χ4n) is 1.20. The number of rotatable bonds is 3. The molecule has 0 saturated carbocycles. The van der Waals surface area contributed by atoms with Gasteiger partial charge in [0.05, 0.1) is 12.7 Å². The van der Waals surface area contributed by atoms with Crippen molar-refractivity contribution < 1.29 is 14.7 Å². The summed E-state index contributed by atoms with van der Waals surface area (Å²) in [6.45, 7) is 0.148. The van der Waals surface area contributed by atoms with Crippen LogP contribution >= 0.6 is 0 Å². The van der Waals surface area contributed by atoms with Crippen LogP contribution in [0.2, 0.25) is 0 Å². The number of nitrogens with two attached hydrogens (primary N) is 1. The molecule has 0 heterocycles. The fourth-order valence-corrected chi connectivity index (χ4v) is 1.20. The first-order valence-electron chi connectivity index (χ1n) is 4.03. The average molecular weight is 196 g/mol. The van der Waals surface area contributed by atoms with E-state index in [0.29, 0.717) is 11.3 Å². The minimum absolute atomic E-state index is 0.148. The number of nitrogens with one attached hydrogen (secondary N) is 1. The molecule has 0 aliphatic carbocycles. The molecule has 0 fully saturated rings. The number of benzene rings is 1. The first-order valence-corrected chi connectivity index (χ1v) is 4.03. The van der Waals surface area contributed by atoms with Crippen LogP contribution in [0.5, 0.6) is 0 Å². The Morgan fingerprint density at radius 2 is 2.36 bits per heavy atom. The lowest BCUT2D eigenvalue weighted by molar-refractivity contribution is 0.0599. The SMILES string of the molecule is COC(=O)c1c(N)cccc1CNO. The van der Waals surface area contributed by atoms with Crippen LogP contribution in [0, 0.1) is 0 Å². The number of anilines is 1. The van der Waals surface area contributed by atoms with Crippen LogP contribution in [0.1, 0.15) is 15.9 Å². The van der Waals surface area contributed by atoms with Crippen molar-refractivity contribution in [1.29, 1.82) is 0 Å². The number of carbonyl (C=O) groups excluding carboxylic acids is 1. The molecule has 4 N–H and O–H groups in total. The van der Waals surface area contributed by atoms with Gasteiger partial charge < -0.3 is 15.7 Å². The Bertz CT molecular complexity index is 339. The van der Waals surface area contributed by atoms with Gasteiger partial charge in [-0.15, -0.1) is 0 Å². The van der Waals surface area contributed by atoms with Gasteiger partial charge in [-0.05, 0) is 11.6 Å². The normalized spacial score (nSPS) is 9.86. The van der Waals surface area contributed by atoms with Crippen molar-refractivity contribution in [3.8, 4) is 0 Å². The maximum Gasteiger partial charge on any atom is 0.340 e. The second kappa shape index (κ2) is 4.59. The second-order valence-corrected chi connectivity index (χ2v) is 2.71. The van der Waals surface area contributed by atoms with Gasteiger partial charge >= 0.3 is 5.97 Å². The molecule has 0 radical (unpaired) electrons. The van der Waals surface area contributed by atoms with E-state index in [2.05, 4.69) is 4.74 Å². The number of nitrogen functional groups attached to an aromatic ring is 1. The highest BCUT2D eigenvalue weighted by atomic mass is 16.5. The quantitative estimate of drug-likeness (QED) is 0.373. The molecule has 0 aromatic heterocycles. The van der Waals surface area contributed by atoms with Crippen molar-refractivity contribution in [3.63, 3.8) is 0 Å². The minimum atomic E-state index is -0.506. The summed E-state index contributed by atoms with van der Waals surface area (Å²) in [5.74, 6) is -0.506. The van der Waals surface area contributed by atoms with Crippen molar-refractivity contribution in [2.45, 2.75) is 6.54 Å². The molecule has 0 atom stereocenters. The number of carbonyl (C=O) groups is 1. The molecule has 0 saturated heterocycles. The zero-order valence-electron chi connectivity index (χ0n) is 7.78. The van der Waals surface area contributed by atoms with Crippen LogP contribution in [0.15, 0.2) is 18.2 Å². The van der Waals surface area contributed by atoms with Crippen LogP contribution in [-0.2, 0) is 11.3 Å². The fraction of sp³-hybridized carbons (Fsp3) is 0.222. The van der Waals surface area contributed by atoms with E-state index < -0.39 is 5.97 Å². The predicted octanol–water partition coefficient (Wildman–Crippen LogP) is 0.534. The molecule has 0 bridgehead atoms. The molecule has 1 rings (SSSR count). The molecule has 0 unspecified atom stereocenters. The molecule has 0 aliphatic heterocycles. The number of esters is 1. The molecule has 1 aromatic carbocycles. The van der Waals surface area contributed by atoms with Crippen LogP contribution in [0.3, 0.4) is 0 Å². The van der Waals surface area contributed by atoms with E-state index in [1.807, 2.05) is 5.48 Å². The van der Waals surface area contributed by atoms with E-state index >= 15 is 0 Å². The zero-order chi connectivity index (χ0) is 10.6. The molecular weight excluding hydrogens is 184 g/mol. The summed E-state index contributed by atoms with van der Waals surface area (Å²) in [5, 5.41) is 8.55. The monoisotopic (exact) mass is 196 g/mol. The maximum absolute atomic E-state index is 11.3. The Morgan fingerprint density at radius 1 is 1.64 bits per heavy atom. The van der Waals surface area contributed by atoms with Gasteiger partial charge in [0, 0.05) is 12.2 Å². The van der Waals surface area contributed by atoms with Crippen LogP contribution in [-0.4, -0.2) is 18.3 Å². The van der Waals surface area contributed by atoms with E-state index in [1.165, 1.54) is 7.11 Å². The average Bonchev–Trinajstić information content (AvgIpc) is 2.18. The Kier molecular flexibility index (Phi) is 3.44. The molecule has 0 aliphatic rings. The van der Waals surface area contributed by atoms with E-state index in [9.17, 15) is 4.79 Å². The second-order valence-electron chi connectivity index (χ2n) is 2.71. The smallest absolute Gasteiger partial charge is 0.340 e. The number of hydrogen-bond donors (Lipinski definition) is 3. The summed E-state index contributed by atoms with van der Waals surface area (Å²) < 4.78 is 4.58. The predicted molar refractivity (Wildman–Crippen MR) is 50.8 cm³/mol. The van der Waals surface area contributed by atoms with Gasteiger partial charge in [0.25, 0.3) is 0 Å². The number of ether oxygens (including phenoxy) is 1. The Labute approximate surface area is 81.4 Å². The van der Waals surface area contributed by atoms with Gasteiger partial charge in [-0.1, -0.05) is 12.1 Å². The van der Waals surface area contributed by atoms with Crippen molar-refractivity contribution in [3.05, 3.63) is 29.3 Å². The van der Waals surface area contributed by atoms with Gasteiger partial charge in [0.15, 0.2) is 0 Å². The summed E-state index contributed by atoms with van der Waals surface area (Å²) in [6.07, 6.45) is 0. The lowest BCUT2D eigenvalue weighted by atomic mass is 10.1. The Morgan fingerprint density at radius 3 is 2.93 bits per heavy atom. The number of hydrogen-bond acceptors (Lipinski definition) is 5. The molecule has 0 amide bonds. The van der Waals surface area contributed by atoms with E-state index in [0.717, 1.165) is 0 Å². The number of hydroxylamine groups is 1. The summed E-state index contributed by atoms with van der Waals surface area (Å²) in [6, 6.07) is 4.99. The third-order valence-corrected chi connectivity index (χ3v) is 1.84. The largest absolute Gasteiger partial charge is 0.465 e. The highest BCUT2D eigenvalue weighted by molar-refractivity contribution is 5.96. The summed E-state index contributed by atoms with van der Waals surface area (Å²) >= 11 is 0. The van der Waals surface area contributed by atoms with Crippen molar-refractivity contribution in [1.82, 2.24) is 5.48 Å². The Hall–Kier alpha value is -1.59. The summed E-state index contributed by atoms with van der Waals surface area (Å²) in [7, 11) is 1.28. The Balaban J connectivity index is 3.15. The van der Waals surface area contributed by atoms with E-state index in [-0.39, 0.29) is 12.1 Å². The van der Waals surface area contributed by atoms with Gasteiger partial charge in [-0.2, -0.15) is 0 Å². The molecule has 1 aromatic rings. The first-order chi connectivity index (χ1) is 6.70. The maximum atomic E-state index is 11.3. The third kappa shape index (κ3) is 2.01. The standard InChI is InChI=1S/C9H12N2O3/c1-14-9(12)8-6(5-11-13)3-2-4-7(8)10/h2-4,11,13H,5,10H2,1H3. The zero-order valence-corrected chi connectivity index (χ0v) is 7.78. The van der Waals surface area contributed by atoms with Crippen molar-refractivity contribution in [2.75, 3.05) is 12.8 Å². The molecular formula is C9H12N2O3. The lowest BCUT2D eigenvalue weighted by Crippen LogP contribution is -2.14. The van der Waals surface area contributed by atoms with Crippen LogP contribution in [0.4, 0.5) is 5.69 Å². The van der Waals surface area contributed by atoms with Crippen molar-refractivity contribution >= 4 is 11.7 Å². The van der Waals surface area contributed by atoms with Gasteiger partial charge in [-0.25, -0.2) is 10.3 Å². The molecule has 76 valence electrons. The molecule has 14 heavy (non-hydrogen) atoms. The summed E-state index contributed by atoms with van der Waals surface area (Å²) in [5.41, 5.74) is 8.81. The number of methoxy groups -OCH3 is 1. The topological polar surface area (TPSA) is 84.6 Å². The first kappa shape index (κ1) is 10.5. The third-order valence-electron chi connectivity index (χ3n) is 1.84. The minimum Gasteiger partial charge on any atom is -0.465 e. The molecule has 5 heteroatoms. The molecule has 0 spiro atoms. The summed E-state index contributed by atoms with van der Waals surface area (Å²) in [4.78, 5) is 11.3. The van der Waals surface area contributed by atoms with Gasteiger partial charge in [0.1, 0.15) is 0 Å². The highest BCUT2D eigenvalue weighted by Gasteiger charge is 2.14. The van der Waals surface area contributed by atoms with Crippen LogP contribution in [0.25, 0.3) is 0 Å². The van der Waals surface area contributed by atoms with E-state index in [4.69, 9.17) is 10.9 Å². The lowest BCUT2D eigenvalue weighted by Gasteiger charge is -2.09. The van der Waals surface area contributed by atoms with Crippen LogP contribution < -0.4 is 11.2 Å². The highest BCUT2D eigenvalue weighted by Crippen LogP contribution is 2.17. The van der Waals surface area contributed by atoms with Gasteiger partial charge in [0.2, 0.25) is 0 Å². The van der Waals surface area contributed by atoms with Crippen molar-refractivity contribution in [2.24, 2.45) is 0 Å².